The summed E-state index contributed by atoms with van der Waals surface area (Å²) in [6, 6.07) is 3.70. The molecule has 1 rings (SSSR count). The molecule has 0 saturated carbocycles. The molecule has 1 N–H and O–H groups in total. The van der Waals surface area contributed by atoms with Crippen molar-refractivity contribution in [1.29, 1.82) is 0 Å². The Kier molecular flexibility index (Phi) is 9.06. The van der Waals surface area contributed by atoms with Gasteiger partial charge in [0.1, 0.15) is 5.76 Å². The van der Waals surface area contributed by atoms with E-state index in [9.17, 15) is 4.79 Å². The minimum atomic E-state index is -0.702. The number of rotatable bonds is 8. The highest BCUT2D eigenvalue weighted by Crippen LogP contribution is 2.07. The molecule has 0 aliphatic heterocycles. The molecule has 3 heteroatoms. The fraction of sp³-hybridized carbons (Fsp3) is 0.421. The Morgan fingerprint density at radius 3 is 2.68 bits per heavy atom. The first kappa shape index (κ1) is 17.7. The Balaban J connectivity index is 2.04. The smallest absolute Gasteiger partial charge is 0.303 e. The summed E-state index contributed by atoms with van der Waals surface area (Å²) < 4.78 is 5.30. The maximum absolute atomic E-state index is 10.3. The number of unbranched alkanes of at least 4 members (excludes halogenated alkanes) is 5. The molecule has 0 unspecified atom stereocenters. The van der Waals surface area contributed by atoms with Crippen molar-refractivity contribution in [3.63, 3.8) is 0 Å². The first-order valence-corrected chi connectivity index (χ1v) is 7.63. The van der Waals surface area contributed by atoms with Gasteiger partial charge in [0.2, 0.25) is 0 Å². The fourth-order valence-corrected chi connectivity index (χ4v) is 1.88. The average molecular weight is 298 g/mol. The monoisotopic (exact) mass is 298 g/mol. The summed E-state index contributed by atoms with van der Waals surface area (Å²) in [6.45, 7) is 1.88. The van der Waals surface area contributed by atoms with Crippen LogP contribution in [0.5, 0.6) is 0 Å². The number of carbonyl (C=O) groups is 1. The Morgan fingerprint density at radius 1 is 1.18 bits per heavy atom. The van der Waals surface area contributed by atoms with Gasteiger partial charge in [-0.3, -0.25) is 4.79 Å². The number of aryl methyl sites for hydroxylation is 1. The van der Waals surface area contributed by atoms with Gasteiger partial charge in [0.15, 0.2) is 5.76 Å². The van der Waals surface area contributed by atoms with Crippen molar-refractivity contribution in [2.45, 2.75) is 51.9 Å². The molecule has 1 aromatic rings. The van der Waals surface area contributed by atoms with Crippen molar-refractivity contribution in [2.24, 2.45) is 0 Å². The average Bonchev–Trinajstić information content (AvgIpc) is 2.89. The van der Waals surface area contributed by atoms with Crippen LogP contribution in [0.25, 0.3) is 0 Å². The van der Waals surface area contributed by atoms with Crippen LogP contribution in [0.4, 0.5) is 0 Å². The Morgan fingerprint density at radius 2 is 1.95 bits per heavy atom. The number of allylic oxidation sites excluding steroid dienone is 2. The van der Waals surface area contributed by atoms with Gasteiger partial charge in [-0.15, -0.1) is 0 Å². The number of aliphatic carboxylic acids is 1. The van der Waals surface area contributed by atoms with Crippen LogP contribution >= 0.6 is 0 Å². The molecule has 3 nitrogen and oxygen atoms in total. The van der Waals surface area contributed by atoms with Crippen molar-refractivity contribution >= 4 is 5.97 Å². The topological polar surface area (TPSA) is 50.4 Å². The normalized spacial score (nSPS) is 9.86. The molecule has 0 fully saturated rings. The SMILES string of the molecule is Cc1ccc(C#CC#C/C=C\CCCCCCCC(=O)O)o1. The quantitative estimate of drug-likeness (QED) is 0.574. The van der Waals surface area contributed by atoms with Crippen LogP contribution in [-0.2, 0) is 4.79 Å². The molecule has 0 radical (unpaired) electrons. The third kappa shape index (κ3) is 9.50. The number of furan rings is 1. The van der Waals surface area contributed by atoms with Crippen LogP contribution in [0.1, 0.15) is 56.5 Å². The van der Waals surface area contributed by atoms with E-state index in [1.54, 1.807) is 0 Å². The molecule has 0 spiro atoms. The lowest BCUT2D eigenvalue weighted by molar-refractivity contribution is -0.137. The molecule has 0 aliphatic carbocycles. The highest BCUT2D eigenvalue weighted by Gasteiger charge is 1.95. The minimum Gasteiger partial charge on any atom is -0.481 e. The summed E-state index contributed by atoms with van der Waals surface area (Å²) >= 11 is 0. The second-order valence-corrected chi connectivity index (χ2v) is 5.03. The largest absolute Gasteiger partial charge is 0.481 e. The van der Waals surface area contributed by atoms with Gasteiger partial charge in [0, 0.05) is 6.42 Å². The van der Waals surface area contributed by atoms with Crippen molar-refractivity contribution in [3.05, 3.63) is 35.8 Å². The third-order valence-electron chi connectivity index (χ3n) is 3.02. The highest BCUT2D eigenvalue weighted by molar-refractivity contribution is 5.66. The molecular weight excluding hydrogens is 276 g/mol. The summed E-state index contributed by atoms with van der Waals surface area (Å²) in [5.41, 5.74) is 0. The molecule has 1 heterocycles. The molecule has 1 aromatic heterocycles. The van der Waals surface area contributed by atoms with Gasteiger partial charge in [-0.2, -0.15) is 0 Å². The lowest BCUT2D eigenvalue weighted by Crippen LogP contribution is -1.93. The van der Waals surface area contributed by atoms with E-state index in [-0.39, 0.29) is 6.42 Å². The van der Waals surface area contributed by atoms with Gasteiger partial charge in [-0.25, -0.2) is 0 Å². The van der Waals surface area contributed by atoms with E-state index >= 15 is 0 Å². The maximum atomic E-state index is 10.3. The van der Waals surface area contributed by atoms with Crippen molar-refractivity contribution in [3.8, 4) is 23.7 Å². The standard InChI is InChI=1S/C19H22O3/c1-17-15-16-18(22-17)13-11-9-7-5-3-2-4-6-8-10-12-14-19(20)21/h3,5,15-16H,2,4,6,8,10,12,14H2,1H3,(H,20,21)/b5-3-. The predicted molar refractivity (Wildman–Crippen MR) is 87.2 cm³/mol. The lowest BCUT2D eigenvalue weighted by atomic mass is 10.1. The number of carboxylic acids is 1. The molecule has 0 atom stereocenters. The van der Waals surface area contributed by atoms with Gasteiger partial charge >= 0.3 is 5.97 Å². The first-order valence-electron chi connectivity index (χ1n) is 7.63. The molecule has 116 valence electrons. The van der Waals surface area contributed by atoms with Gasteiger partial charge in [-0.05, 0) is 62.2 Å². The van der Waals surface area contributed by atoms with Crippen LogP contribution < -0.4 is 0 Å². The third-order valence-corrected chi connectivity index (χ3v) is 3.02. The van der Waals surface area contributed by atoms with E-state index in [0.29, 0.717) is 5.76 Å². The summed E-state index contributed by atoms with van der Waals surface area (Å²) in [5.74, 6) is 12.0. The zero-order valence-corrected chi connectivity index (χ0v) is 13.0. The molecule has 22 heavy (non-hydrogen) atoms. The van der Waals surface area contributed by atoms with Gasteiger partial charge in [0.05, 0.1) is 0 Å². The summed E-state index contributed by atoms with van der Waals surface area (Å²) in [4.78, 5) is 10.3. The molecule has 0 aliphatic rings. The highest BCUT2D eigenvalue weighted by atomic mass is 16.4. The number of hydrogen-bond donors (Lipinski definition) is 1. The number of hydrogen-bond acceptors (Lipinski definition) is 2. The molecule has 0 bridgehead atoms. The zero-order valence-electron chi connectivity index (χ0n) is 13.0. The van der Waals surface area contributed by atoms with Crippen molar-refractivity contribution in [1.82, 2.24) is 0 Å². The second kappa shape index (κ2) is 11.3. The lowest BCUT2D eigenvalue weighted by Gasteiger charge is -1.97. The summed E-state index contributed by atoms with van der Waals surface area (Å²) in [7, 11) is 0. The van der Waals surface area contributed by atoms with Gasteiger partial charge in [-0.1, -0.05) is 31.3 Å². The summed E-state index contributed by atoms with van der Waals surface area (Å²) in [5, 5.41) is 8.50. The van der Waals surface area contributed by atoms with Crippen LogP contribution in [0.15, 0.2) is 28.7 Å². The van der Waals surface area contributed by atoms with Crippen LogP contribution in [0, 0.1) is 30.6 Å². The van der Waals surface area contributed by atoms with E-state index in [1.165, 1.54) is 0 Å². The number of carboxylic acid groups (broad SMARTS) is 1. The van der Waals surface area contributed by atoms with E-state index in [2.05, 4.69) is 23.7 Å². The molecule has 0 amide bonds. The van der Waals surface area contributed by atoms with Crippen LogP contribution in [-0.4, -0.2) is 11.1 Å². The predicted octanol–water partition coefficient (Wildman–Crippen LogP) is 4.31. The second-order valence-electron chi connectivity index (χ2n) is 5.03. The van der Waals surface area contributed by atoms with E-state index in [1.807, 2.05) is 31.2 Å². The van der Waals surface area contributed by atoms with Crippen molar-refractivity contribution < 1.29 is 14.3 Å². The van der Waals surface area contributed by atoms with E-state index < -0.39 is 5.97 Å². The van der Waals surface area contributed by atoms with E-state index in [4.69, 9.17) is 9.52 Å². The van der Waals surface area contributed by atoms with Crippen LogP contribution in [0.2, 0.25) is 0 Å². The van der Waals surface area contributed by atoms with Crippen molar-refractivity contribution in [2.75, 3.05) is 0 Å². The molecule has 0 saturated heterocycles. The van der Waals surface area contributed by atoms with Gasteiger partial charge in [0.25, 0.3) is 0 Å². The molecule has 0 aromatic carbocycles. The zero-order chi connectivity index (χ0) is 16.0. The maximum Gasteiger partial charge on any atom is 0.303 e. The van der Waals surface area contributed by atoms with Crippen LogP contribution in [0.3, 0.4) is 0 Å². The molecular formula is C19H22O3. The van der Waals surface area contributed by atoms with E-state index in [0.717, 1.165) is 44.3 Å². The fourth-order valence-electron chi connectivity index (χ4n) is 1.88. The minimum absolute atomic E-state index is 0.286. The first-order chi connectivity index (χ1) is 10.7. The Bertz CT molecular complexity index is 600. The Hall–Kier alpha value is -2.39. The summed E-state index contributed by atoms with van der Waals surface area (Å²) in [6.07, 6.45) is 10.3. The Labute approximate surface area is 132 Å². The van der Waals surface area contributed by atoms with Gasteiger partial charge < -0.3 is 9.52 Å².